The smallest absolute Gasteiger partial charge is 0.250 e. The van der Waals surface area contributed by atoms with Crippen molar-refractivity contribution in [2.24, 2.45) is 0 Å². The number of aryl methyl sites for hydroxylation is 2. The maximum Gasteiger partial charge on any atom is 0.250 e. The van der Waals surface area contributed by atoms with E-state index in [1.165, 1.54) is 10.6 Å². The van der Waals surface area contributed by atoms with Gasteiger partial charge in [-0.15, -0.1) is 0 Å². The lowest BCUT2D eigenvalue weighted by Gasteiger charge is -2.11. The van der Waals surface area contributed by atoms with Crippen molar-refractivity contribution < 1.29 is 9.53 Å². The third-order valence-electron chi connectivity index (χ3n) is 3.16. The van der Waals surface area contributed by atoms with Gasteiger partial charge >= 0.3 is 0 Å². The number of pyridine rings is 1. The van der Waals surface area contributed by atoms with Crippen LogP contribution in [0, 0.1) is 6.92 Å². The van der Waals surface area contributed by atoms with Gasteiger partial charge in [-0.05, 0) is 46.6 Å². The van der Waals surface area contributed by atoms with E-state index in [9.17, 15) is 9.59 Å². The lowest BCUT2D eigenvalue weighted by atomic mass is 10.2. The second kappa shape index (κ2) is 7.26. The molecule has 0 aliphatic rings. The van der Waals surface area contributed by atoms with Crippen LogP contribution in [0.2, 0.25) is 0 Å². The van der Waals surface area contributed by atoms with E-state index < -0.39 is 0 Å². The quantitative estimate of drug-likeness (QED) is 0.886. The number of anilines is 1. The van der Waals surface area contributed by atoms with Crippen molar-refractivity contribution in [2.75, 3.05) is 12.4 Å². The molecule has 0 saturated heterocycles. The van der Waals surface area contributed by atoms with Crippen molar-refractivity contribution in [1.82, 2.24) is 4.57 Å². The number of halogens is 1. The average Bonchev–Trinajstić information content (AvgIpc) is 2.48. The number of nitrogens with one attached hydrogen (secondary N) is 1. The van der Waals surface area contributed by atoms with Crippen LogP contribution in [0.25, 0.3) is 0 Å². The Morgan fingerprint density at radius 1 is 1.32 bits per heavy atom. The van der Waals surface area contributed by atoms with E-state index in [1.54, 1.807) is 19.4 Å². The number of benzene rings is 1. The Hall–Kier alpha value is -2.08. The summed E-state index contributed by atoms with van der Waals surface area (Å²) in [5, 5.41) is 2.82. The minimum Gasteiger partial charge on any atom is -0.495 e. The summed E-state index contributed by atoms with van der Waals surface area (Å²) in [4.78, 5) is 23.7. The Balaban J connectivity index is 2.03. The molecule has 0 fully saturated rings. The molecule has 0 aliphatic carbocycles. The summed E-state index contributed by atoms with van der Waals surface area (Å²) in [6, 6.07) is 8.71. The van der Waals surface area contributed by atoms with Gasteiger partial charge in [0.25, 0.3) is 5.56 Å². The van der Waals surface area contributed by atoms with Crippen LogP contribution in [-0.4, -0.2) is 17.6 Å². The minimum atomic E-state index is -0.171. The highest BCUT2D eigenvalue weighted by Gasteiger charge is 2.08. The first-order valence-electron chi connectivity index (χ1n) is 6.80. The SMILES string of the molecule is COc1ccc(C)cc1NC(=O)CCn1cc(Br)ccc1=O. The average molecular weight is 365 g/mol. The first kappa shape index (κ1) is 16.3. The number of carbonyl (C=O) groups is 1. The van der Waals surface area contributed by atoms with Gasteiger partial charge in [0.1, 0.15) is 5.75 Å². The number of nitrogens with zero attached hydrogens (tertiary/aromatic N) is 1. The van der Waals surface area contributed by atoms with Crippen LogP contribution in [0.4, 0.5) is 5.69 Å². The highest BCUT2D eigenvalue weighted by molar-refractivity contribution is 9.10. The lowest BCUT2D eigenvalue weighted by Crippen LogP contribution is -2.22. The molecule has 2 rings (SSSR count). The van der Waals surface area contributed by atoms with Gasteiger partial charge < -0.3 is 14.6 Å². The second-order valence-electron chi connectivity index (χ2n) is 4.88. The molecular weight excluding hydrogens is 348 g/mol. The van der Waals surface area contributed by atoms with Gasteiger partial charge in [-0.2, -0.15) is 0 Å². The molecule has 0 spiro atoms. The third-order valence-corrected chi connectivity index (χ3v) is 3.63. The van der Waals surface area contributed by atoms with E-state index in [0.29, 0.717) is 18.0 Å². The van der Waals surface area contributed by atoms with Gasteiger partial charge in [-0.3, -0.25) is 9.59 Å². The minimum absolute atomic E-state index is 0.135. The zero-order chi connectivity index (χ0) is 16.1. The topological polar surface area (TPSA) is 60.3 Å². The second-order valence-corrected chi connectivity index (χ2v) is 5.80. The monoisotopic (exact) mass is 364 g/mol. The zero-order valence-corrected chi connectivity index (χ0v) is 14.0. The molecule has 2 aromatic rings. The van der Waals surface area contributed by atoms with Gasteiger partial charge in [0.05, 0.1) is 12.8 Å². The van der Waals surface area contributed by atoms with E-state index in [-0.39, 0.29) is 17.9 Å². The summed E-state index contributed by atoms with van der Waals surface area (Å²) in [5.74, 6) is 0.439. The van der Waals surface area contributed by atoms with Crippen molar-refractivity contribution in [3.05, 3.63) is 56.9 Å². The Kier molecular flexibility index (Phi) is 5.38. The molecule has 1 amide bonds. The molecule has 5 nitrogen and oxygen atoms in total. The molecule has 116 valence electrons. The Morgan fingerprint density at radius 3 is 2.82 bits per heavy atom. The Labute approximate surface area is 137 Å². The number of hydrogen-bond donors (Lipinski definition) is 1. The van der Waals surface area contributed by atoms with E-state index in [4.69, 9.17) is 4.74 Å². The molecule has 1 aromatic carbocycles. The lowest BCUT2D eigenvalue weighted by molar-refractivity contribution is -0.116. The molecule has 1 N–H and O–H groups in total. The fraction of sp³-hybridized carbons (Fsp3) is 0.250. The fourth-order valence-electron chi connectivity index (χ4n) is 2.03. The number of ether oxygens (including phenoxy) is 1. The standard InChI is InChI=1S/C16H17BrN2O3/c1-11-3-5-14(22-2)13(9-11)18-15(20)7-8-19-10-12(17)4-6-16(19)21/h3-6,9-10H,7-8H2,1-2H3,(H,18,20). The Bertz CT molecular complexity index is 740. The first-order valence-corrected chi connectivity index (χ1v) is 7.59. The molecule has 1 heterocycles. The Morgan fingerprint density at radius 2 is 2.09 bits per heavy atom. The number of hydrogen-bond acceptors (Lipinski definition) is 3. The first-order chi connectivity index (χ1) is 10.5. The molecule has 0 aliphatic heterocycles. The largest absolute Gasteiger partial charge is 0.495 e. The molecule has 1 aromatic heterocycles. The number of amides is 1. The van der Waals surface area contributed by atoms with Crippen molar-refractivity contribution in [3.63, 3.8) is 0 Å². The van der Waals surface area contributed by atoms with Crippen LogP contribution in [0.1, 0.15) is 12.0 Å². The van der Waals surface area contributed by atoms with Gasteiger partial charge in [-0.1, -0.05) is 6.07 Å². The summed E-state index contributed by atoms with van der Waals surface area (Å²) in [5.41, 5.74) is 1.53. The highest BCUT2D eigenvalue weighted by atomic mass is 79.9. The van der Waals surface area contributed by atoms with E-state index in [0.717, 1.165) is 10.0 Å². The summed E-state index contributed by atoms with van der Waals surface area (Å²) >= 11 is 3.31. The van der Waals surface area contributed by atoms with Gasteiger partial charge in [0, 0.05) is 29.7 Å². The van der Waals surface area contributed by atoms with E-state index in [1.807, 2.05) is 25.1 Å². The van der Waals surface area contributed by atoms with Crippen molar-refractivity contribution in [1.29, 1.82) is 0 Å². The maximum absolute atomic E-state index is 12.1. The van der Waals surface area contributed by atoms with Crippen molar-refractivity contribution in [2.45, 2.75) is 19.9 Å². The van der Waals surface area contributed by atoms with Gasteiger partial charge in [-0.25, -0.2) is 0 Å². The fourth-order valence-corrected chi connectivity index (χ4v) is 2.41. The number of aromatic nitrogens is 1. The van der Waals surface area contributed by atoms with Gasteiger partial charge in [0.15, 0.2) is 0 Å². The molecule has 6 heteroatoms. The van der Waals surface area contributed by atoms with Crippen LogP contribution >= 0.6 is 15.9 Å². The predicted molar refractivity (Wildman–Crippen MR) is 89.4 cm³/mol. The third kappa shape index (κ3) is 4.21. The number of carbonyl (C=O) groups excluding carboxylic acids is 1. The highest BCUT2D eigenvalue weighted by Crippen LogP contribution is 2.25. The van der Waals surface area contributed by atoms with Crippen LogP contribution < -0.4 is 15.6 Å². The molecule has 0 radical (unpaired) electrons. The molecule has 0 atom stereocenters. The van der Waals surface area contributed by atoms with Crippen LogP contribution in [-0.2, 0) is 11.3 Å². The van der Waals surface area contributed by atoms with Crippen molar-refractivity contribution in [3.8, 4) is 5.75 Å². The normalized spacial score (nSPS) is 10.3. The summed E-state index contributed by atoms with van der Waals surface area (Å²) < 4.78 is 7.52. The number of rotatable bonds is 5. The molecule has 0 saturated carbocycles. The summed E-state index contributed by atoms with van der Waals surface area (Å²) in [7, 11) is 1.56. The molecular formula is C16H17BrN2O3. The van der Waals surface area contributed by atoms with Crippen molar-refractivity contribution >= 4 is 27.5 Å². The van der Waals surface area contributed by atoms with Crippen LogP contribution in [0.15, 0.2) is 45.8 Å². The molecule has 22 heavy (non-hydrogen) atoms. The number of methoxy groups -OCH3 is 1. The van der Waals surface area contributed by atoms with E-state index in [2.05, 4.69) is 21.2 Å². The van der Waals surface area contributed by atoms with E-state index >= 15 is 0 Å². The molecule has 0 unspecified atom stereocenters. The van der Waals surface area contributed by atoms with Gasteiger partial charge in [0.2, 0.25) is 5.91 Å². The zero-order valence-electron chi connectivity index (χ0n) is 12.4. The summed E-state index contributed by atoms with van der Waals surface area (Å²) in [6.07, 6.45) is 1.87. The van der Waals surface area contributed by atoms with Crippen LogP contribution in [0.5, 0.6) is 5.75 Å². The summed E-state index contributed by atoms with van der Waals surface area (Å²) in [6.45, 7) is 2.26. The predicted octanol–water partition coefficient (Wildman–Crippen LogP) is 2.96. The molecule has 0 bridgehead atoms. The maximum atomic E-state index is 12.1. The van der Waals surface area contributed by atoms with Crippen LogP contribution in [0.3, 0.4) is 0 Å².